The predicted octanol–water partition coefficient (Wildman–Crippen LogP) is 4.80. The topological polar surface area (TPSA) is 86.8 Å². The Labute approximate surface area is 238 Å². The summed E-state index contributed by atoms with van der Waals surface area (Å²) in [6.07, 6.45) is 1.07. The van der Waals surface area contributed by atoms with Crippen molar-refractivity contribution in [2.24, 2.45) is 5.92 Å². The van der Waals surface area contributed by atoms with Gasteiger partial charge in [0.1, 0.15) is 24.2 Å². The highest BCUT2D eigenvalue weighted by molar-refractivity contribution is 7.92. The van der Waals surface area contributed by atoms with Crippen LogP contribution in [0.25, 0.3) is 0 Å². The quantitative estimate of drug-likeness (QED) is 0.328. The zero-order valence-electron chi connectivity index (χ0n) is 22.5. The highest BCUT2D eigenvalue weighted by Gasteiger charge is 2.33. The number of hydrogen-bond acceptors (Lipinski definition) is 4. The molecule has 0 radical (unpaired) electrons. The summed E-state index contributed by atoms with van der Waals surface area (Å²) in [5.41, 5.74) is 1.32. The normalized spacial score (nSPS) is 12.2. The first-order valence-electron chi connectivity index (χ1n) is 12.6. The number of halogens is 3. The maximum absolute atomic E-state index is 13.9. The van der Waals surface area contributed by atoms with E-state index in [-0.39, 0.29) is 29.6 Å². The van der Waals surface area contributed by atoms with Gasteiger partial charge in [0, 0.05) is 19.5 Å². The van der Waals surface area contributed by atoms with Crippen LogP contribution in [0.3, 0.4) is 0 Å². The molecule has 40 heavy (non-hydrogen) atoms. The van der Waals surface area contributed by atoms with Crippen LogP contribution >= 0.6 is 11.6 Å². The summed E-state index contributed by atoms with van der Waals surface area (Å²) in [7, 11) is -4.03. The van der Waals surface area contributed by atoms with E-state index < -0.39 is 46.1 Å². The zero-order chi connectivity index (χ0) is 29.4. The van der Waals surface area contributed by atoms with Gasteiger partial charge in [-0.25, -0.2) is 17.2 Å². The van der Waals surface area contributed by atoms with Gasteiger partial charge in [-0.2, -0.15) is 0 Å². The molecule has 0 aliphatic rings. The van der Waals surface area contributed by atoms with Crippen LogP contribution in [0.4, 0.5) is 14.5 Å². The molecule has 2 amide bonds. The van der Waals surface area contributed by atoms with Crippen LogP contribution in [0.2, 0.25) is 5.02 Å². The number of sulfonamides is 1. The molecule has 11 heteroatoms. The number of amides is 2. The molecule has 0 aromatic heterocycles. The van der Waals surface area contributed by atoms with Gasteiger partial charge in [0.2, 0.25) is 21.8 Å². The van der Waals surface area contributed by atoms with Crippen LogP contribution in [-0.4, -0.2) is 50.5 Å². The summed E-state index contributed by atoms with van der Waals surface area (Å²) < 4.78 is 53.7. The Morgan fingerprint density at radius 2 is 1.60 bits per heavy atom. The minimum atomic E-state index is -4.03. The number of nitrogens with one attached hydrogen (secondary N) is 1. The Morgan fingerprint density at radius 1 is 0.950 bits per heavy atom. The second kappa shape index (κ2) is 13.7. The molecular weight excluding hydrogens is 560 g/mol. The molecule has 7 nitrogen and oxygen atoms in total. The lowest BCUT2D eigenvalue weighted by atomic mass is 10.0. The molecule has 214 valence electrons. The third kappa shape index (κ3) is 8.76. The minimum absolute atomic E-state index is 0.00662. The van der Waals surface area contributed by atoms with Crippen LogP contribution < -0.4 is 9.62 Å². The first kappa shape index (κ1) is 31.0. The third-order valence-electron chi connectivity index (χ3n) is 6.09. The lowest BCUT2D eigenvalue weighted by molar-refractivity contribution is -0.140. The van der Waals surface area contributed by atoms with Gasteiger partial charge in [0.05, 0.1) is 17.0 Å². The van der Waals surface area contributed by atoms with Gasteiger partial charge >= 0.3 is 0 Å². The summed E-state index contributed by atoms with van der Waals surface area (Å²) in [4.78, 5) is 28.7. The van der Waals surface area contributed by atoms with Gasteiger partial charge < -0.3 is 10.2 Å². The van der Waals surface area contributed by atoms with Crippen molar-refractivity contribution in [3.8, 4) is 0 Å². The Hall–Kier alpha value is -3.50. The minimum Gasteiger partial charge on any atom is -0.354 e. The SMILES string of the molecule is CC(C)CNC(=O)C(Cc1ccccc1)N(Cc1ccc(F)cc1)C(=O)CN(c1ccc(F)c(Cl)c1)S(C)(=O)=O. The van der Waals surface area contributed by atoms with E-state index in [2.05, 4.69) is 5.32 Å². The molecule has 1 atom stereocenters. The van der Waals surface area contributed by atoms with E-state index in [9.17, 15) is 26.8 Å². The number of carbonyl (C=O) groups excluding carboxylic acids is 2. The molecule has 0 spiro atoms. The average Bonchev–Trinajstić information content (AvgIpc) is 2.90. The summed E-state index contributed by atoms with van der Waals surface area (Å²) in [6, 6.07) is 16.9. The second-order valence-electron chi connectivity index (χ2n) is 9.86. The van der Waals surface area contributed by atoms with Crippen LogP contribution in [0.15, 0.2) is 72.8 Å². The van der Waals surface area contributed by atoms with E-state index in [4.69, 9.17) is 11.6 Å². The van der Waals surface area contributed by atoms with Crippen molar-refractivity contribution in [3.63, 3.8) is 0 Å². The Balaban J connectivity index is 2.05. The van der Waals surface area contributed by atoms with E-state index in [0.717, 1.165) is 28.3 Å². The fourth-order valence-electron chi connectivity index (χ4n) is 4.02. The third-order valence-corrected chi connectivity index (χ3v) is 7.52. The van der Waals surface area contributed by atoms with Gasteiger partial charge in [0.15, 0.2) is 0 Å². The van der Waals surface area contributed by atoms with Gasteiger partial charge in [-0.05, 0) is 47.4 Å². The fourth-order valence-corrected chi connectivity index (χ4v) is 5.03. The lowest BCUT2D eigenvalue weighted by Gasteiger charge is -2.33. The highest BCUT2D eigenvalue weighted by Crippen LogP contribution is 2.25. The molecule has 3 aromatic rings. The van der Waals surface area contributed by atoms with Gasteiger partial charge in [-0.15, -0.1) is 0 Å². The molecule has 0 bridgehead atoms. The fraction of sp³-hybridized carbons (Fsp3) is 0.310. The van der Waals surface area contributed by atoms with Crippen LogP contribution in [0.5, 0.6) is 0 Å². The number of carbonyl (C=O) groups is 2. The second-order valence-corrected chi connectivity index (χ2v) is 12.2. The monoisotopic (exact) mass is 591 g/mol. The van der Waals surface area contributed by atoms with E-state index in [1.165, 1.54) is 35.2 Å². The van der Waals surface area contributed by atoms with E-state index in [1.54, 1.807) is 0 Å². The predicted molar refractivity (Wildman–Crippen MR) is 152 cm³/mol. The molecule has 0 heterocycles. The molecule has 1 unspecified atom stereocenters. The number of benzene rings is 3. The smallest absolute Gasteiger partial charge is 0.244 e. The highest BCUT2D eigenvalue weighted by atomic mass is 35.5. The van der Waals surface area contributed by atoms with Crippen molar-refractivity contribution >= 4 is 39.1 Å². The Kier molecular flexibility index (Phi) is 10.6. The largest absolute Gasteiger partial charge is 0.354 e. The molecule has 0 fully saturated rings. The van der Waals surface area contributed by atoms with Crippen molar-refractivity contribution in [3.05, 3.63) is 101 Å². The zero-order valence-corrected chi connectivity index (χ0v) is 24.1. The summed E-state index contributed by atoms with van der Waals surface area (Å²) in [6.45, 7) is 3.47. The maximum Gasteiger partial charge on any atom is 0.244 e. The maximum atomic E-state index is 13.9. The van der Waals surface area contributed by atoms with Gasteiger partial charge in [-0.3, -0.25) is 13.9 Å². The van der Waals surface area contributed by atoms with E-state index in [1.807, 2.05) is 44.2 Å². The van der Waals surface area contributed by atoms with E-state index >= 15 is 0 Å². The molecule has 1 N–H and O–H groups in total. The van der Waals surface area contributed by atoms with Gasteiger partial charge in [-0.1, -0.05) is 67.9 Å². The number of rotatable bonds is 12. The standard InChI is InChI=1S/C29H32ClF2N3O4S/c1-20(2)17-33-29(37)27(15-21-7-5-4-6-8-21)34(18-22-9-11-23(31)12-10-22)28(36)19-35(40(3,38)39)24-13-14-26(32)25(30)16-24/h4-14,16,20,27H,15,17-19H2,1-3H3,(H,33,37). The summed E-state index contributed by atoms with van der Waals surface area (Å²) >= 11 is 5.89. The molecule has 0 aliphatic heterocycles. The summed E-state index contributed by atoms with van der Waals surface area (Å²) in [5.74, 6) is -2.16. The molecule has 0 saturated carbocycles. The van der Waals surface area contributed by atoms with E-state index in [0.29, 0.717) is 12.1 Å². The van der Waals surface area contributed by atoms with Gasteiger partial charge in [0.25, 0.3) is 0 Å². The molecule has 0 saturated heterocycles. The molecule has 3 aromatic carbocycles. The first-order valence-corrected chi connectivity index (χ1v) is 14.9. The van der Waals surface area contributed by atoms with Crippen molar-refractivity contribution in [2.45, 2.75) is 32.9 Å². The summed E-state index contributed by atoms with van der Waals surface area (Å²) in [5, 5.41) is 2.57. The van der Waals surface area contributed by atoms with Crippen molar-refractivity contribution in [2.75, 3.05) is 23.7 Å². The Bertz CT molecular complexity index is 1420. The average molecular weight is 592 g/mol. The van der Waals surface area contributed by atoms with Crippen LogP contribution in [0, 0.1) is 17.6 Å². The lowest BCUT2D eigenvalue weighted by Crippen LogP contribution is -2.53. The van der Waals surface area contributed by atoms with Crippen molar-refractivity contribution < 1.29 is 26.8 Å². The van der Waals surface area contributed by atoms with Crippen molar-refractivity contribution in [1.82, 2.24) is 10.2 Å². The van der Waals surface area contributed by atoms with Crippen LogP contribution in [-0.2, 0) is 32.6 Å². The number of anilines is 1. The molecule has 3 rings (SSSR count). The number of hydrogen-bond donors (Lipinski definition) is 1. The number of nitrogens with zero attached hydrogens (tertiary/aromatic N) is 2. The Morgan fingerprint density at radius 3 is 2.17 bits per heavy atom. The molecular formula is C29H32ClF2N3O4S. The van der Waals surface area contributed by atoms with Crippen LogP contribution in [0.1, 0.15) is 25.0 Å². The first-order chi connectivity index (χ1) is 18.8. The van der Waals surface area contributed by atoms with Crippen molar-refractivity contribution in [1.29, 1.82) is 0 Å². The molecule has 0 aliphatic carbocycles.